The zero-order valence-electron chi connectivity index (χ0n) is 10.8. The molecule has 7 nitrogen and oxygen atoms in total. The minimum atomic E-state index is -1.09. The van der Waals surface area contributed by atoms with E-state index in [0.29, 0.717) is 25.3 Å². The first-order valence-corrected chi connectivity index (χ1v) is 6.65. The number of aromatic nitrogens is 4. The van der Waals surface area contributed by atoms with Crippen molar-refractivity contribution in [2.45, 2.75) is 13.0 Å². The highest BCUT2D eigenvalue weighted by Gasteiger charge is 2.18. The number of hydrogen-bond acceptors (Lipinski definition) is 5. The first kappa shape index (κ1) is 14.6. The molecule has 0 atom stereocenters. The smallest absolute Gasteiger partial charge is 0.358 e. The van der Waals surface area contributed by atoms with Crippen molar-refractivity contribution in [1.29, 1.82) is 0 Å². The van der Waals surface area contributed by atoms with E-state index in [4.69, 9.17) is 9.84 Å². The average molecular weight is 341 g/mol. The van der Waals surface area contributed by atoms with Crippen LogP contribution in [0.5, 0.6) is 0 Å². The Morgan fingerprint density at radius 1 is 1.50 bits per heavy atom. The lowest BCUT2D eigenvalue weighted by Gasteiger charge is -2.07. The maximum absolute atomic E-state index is 11.1. The third-order valence-electron chi connectivity index (χ3n) is 2.68. The number of methoxy groups -OCH3 is 1. The Morgan fingerprint density at radius 2 is 2.30 bits per heavy atom. The Labute approximate surface area is 123 Å². The van der Waals surface area contributed by atoms with E-state index in [1.807, 2.05) is 6.07 Å². The molecule has 20 heavy (non-hydrogen) atoms. The molecule has 0 fully saturated rings. The fourth-order valence-electron chi connectivity index (χ4n) is 1.79. The van der Waals surface area contributed by atoms with Crippen LogP contribution in [-0.4, -0.2) is 44.8 Å². The van der Waals surface area contributed by atoms with Gasteiger partial charge in [0.25, 0.3) is 0 Å². The lowest BCUT2D eigenvalue weighted by atomic mass is 10.2. The minimum Gasteiger partial charge on any atom is -0.476 e. The summed E-state index contributed by atoms with van der Waals surface area (Å²) in [6, 6.07) is 1.90. The molecule has 0 amide bonds. The van der Waals surface area contributed by atoms with Gasteiger partial charge in [0, 0.05) is 30.4 Å². The van der Waals surface area contributed by atoms with Gasteiger partial charge in [-0.3, -0.25) is 4.98 Å². The third-order valence-corrected chi connectivity index (χ3v) is 3.11. The molecule has 0 radical (unpaired) electrons. The van der Waals surface area contributed by atoms with Crippen LogP contribution < -0.4 is 0 Å². The van der Waals surface area contributed by atoms with Gasteiger partial charge in [0.1, 0.15) is 0 Å². The van der Waals surface area contributed by atoms with E-state index in [9.17, 15) is 4.79 Å². The zero-order chi connectivity index (χ0) is 14.5. The number of carboxylic acids is 1. The van der Waals surface area contributed by atoms with Crippen LogP contribution in [0.15, 0.2) is 22.9 Å². The van der Waals surface area contributed by atoms with Gasteiger partial charge < -0.3 is 9.84 Å². The average Bonchev–Trinajstić information content (AvgIpc) is 2.79. The van der Waals surface area contributed by atoms with Crippen LogP contribution in [-0.2, 0) is 17.7 Å². The van der Waals surface area contributed by atoms with E-state index < -0.39 is 5.97 Å². The molecule has 0 aliphatic carbocycles. The van der Waals surface area contributed by atoms with E-state index in [1.165, 1.54) is 0 Å². The Kier molecular flexibility index (Phi) is 4.80. The summed E-state index contributed by atoms with van der Waals surface area (Å²) >= 11 is 3.34. The summed E-state index contributed by atoms with van der Waals surface area (Å²) in [4.78, 5) is 15.2. The van der Waals surface area contributed by atoms with Gasteiger partial charge in [0.15, 0.2) is 5.69 Å². The SMILES string of the molecule is COCCc1c(C(=O)O)nnn1Cc1cncc(Br)c1. The summed E-state index contributed by atoms with van der Waals surface area (Å²) in [6.07, 6.45) is 3.82. The molecule has 8 heteroatoms. The summed E-state index contributed by atoms with van der Waals surface area (Å²) in [6.45, 7) is 0.816. The number of hydrogen-bond donors (Lipinski definition) is 1. The van der Waals surface area contributed by atoms with Gasteiger partial charge in [-0.05, 0) is 27.6 Å². The molecule has 0 aliphatic heterocycles. The number of aromatic carboxylic acids is 1. The van der Waals surface area contributed by atoms with Crippen LogP contribution in [0.3, 0.4) is 0 Å². The lowest BCUT2D eigenvalue weighted by molar-refractivity contribution is 0.0688. The van der Waals surface area contributed by atoms with Crippen LogP contribution in [0.25, 0.3) is 0 Å². The fraction of sp³-hybridized carbons (Fsp3) is 0.333. The molecule has 106 valence electrons. The van der Waals surface area contributed by atoms with Gasteiger partial charge in [-0.2, -0.15) is 0 Å². The number of halogens is 1. The number of rotatable bonds is 6. The molecule has 1 N–H and O–H groups in total. The molecule has 0 spiro atoms. The molecule has 0 bridgehead atoms. The monoisotopic (exact) mass is 340 g/mol. The summed E-state index contributed by atoms with van der Waals surface area (Å²) in [7, 11) is 1.56. The first-order valence-electron chi connectivity index (χ1n) is 5.86. The van der Waals surface area contributed by atoms with Crippen LogP contribution in [0.1, 0.15) is 21.7 Å². The second kappa shape index (κ2) is 6.58. The number of pyridine rings is 1. The molecular formula is C12H13BrN4O3. The lowest BCUT2D eigenvalue weighted by Crippen LogP contribution is -2.11. The first-order chi connectivity index (χ1) is 9.61. The molecule has 0 aliphatic rings. The number of ether oxygens (including phenoxy) is 1. The second-order valence-corrected chi connectivity index (χ2v) is 5.02. The standard InChI is InChI=1S/C12H13BrN4O3/c1-20-3-2-10-11(12(18)19)15-16-17(10)7-8-4-9(13)6-14-5-8/h4-6H,2-3,7H2,1H3,(H,18,19). The topological polar surface area (TPSA) is 90.1 Å². The van der Waals surface area contributed by atoms with Crippen LogP contribution in [0.2, 0.25) is 0 Å². The summed E-state index contributed by atoms with van der Waals surface area (Å²) in [5.74, 6) is -1.09. The molecule has 0 saturated carbocycles. The molecule has 0 saturated heterocycles. The van der Waals surface area contributed by atoms with E-state index in [1.54, 1.807) is 24.2 Å². The quantitative estimate of drug-likeness (QED) is 0.854. The molecule has 0 aromatic carbocycles. The van der Waals surface area contributed by atoms with Crippen molar-refractivity contribution in [3.63, 3.8) is 0 Å². The number of nitrogens with zero attached hydrogens (tertiary/aromatic N) is 4. The van der Waals surface area contributed by atoms with Crippen LogP contribution in [0.4, 0.5) is 0 Å². The predicted molar refractivity (Wildman–Crippen MR) is 73.6 cm³/mol. The van der Waals surface area contributed by atoms with Gasteiger partial charge in [-0.1, -0.05) is 5.21 Å². The summed E-state index contributed by atoms with van der Waals surface area (Å²) in [5, 5.41) is 16.7. The molecule has 2 rings (SSSR count). The fourth-order valence-corrected chi connectivity index (χ4v) is 2.20. The third kappa shape index (κ3) is 3.40. The maximum atomic E-state index is 11.1. The van der Waals surface area contributed by atoms with Gasteiger partial charge in [-0.25, -0.2) is 9.48 Å². The summed E-state index contributed by atoms with van der Waals surface area (Å²) < 4.78 is 7.41. The van der Waals surface area contributed by atoms with Gasteiger partial charge in [0.2, 0.25) is 0 Å². The number of carboxylic acid groups (broad SMARTS) is 1. The largest absolute Gasteiger partial charge is 0.476 e. The van der Waals surface area contributed by atoms with Crippen molar-refractivity contribution in [3.05, 3.63) is 39.9 Å². The second-order valence-electron chi connectivity index (χ2n) is 4.10. The maximum Gasteiger partial charge on any atom is 0.358 e. The van der Waals surface area contributed by atoms with Gasteiger partial charge >= 0.3 is 5.97 Å². The van der Waals surface area contributed by atoms with Crippen LogP contribution >= 0.6 is 15.9 Å². The van der Waals surface area contributed by atoms with Crippen molar-refractivity contribution >= 4 is 21.9 Å². The Balaban J connectivity index is 2.28. The van der Waals surface area contributed by atoms with Crippen molar-refractivity contribution in [1.82, 2.24) is 20.0 Å². The van der Waals surface area contributed by atoms with Crippen molar-refractivity contribution in [2.24, 2.45) is 0 Å². The molecular weight excluding hydrogens is 328 g/mol. The van der Waals surface area contributed by atoms with Gasteiger partial charge in [-0.15, -0.1) is 5.10 Å². The zero-order valence-corrected chi connectivity index (χ0v) is 12.4. The molecule has 2 heterocycles. The highest BCUT2D eigenvalue weighted by molar-refractivity contribution is 9.10. The van der Waals surface area contributed by atoms with Crippen molar-refractivity contribution in [2.75, 3.05) is 13.7 Å². The Bertz CT molecular complexity index is 614. The minimum absolute atomic E-state index is 0.0370. The van der Waals surface area contributed by atoms with Crippen LogP contribution in [0, 0.1) is 0 Å². The molecule has 2 aromatic heterocycles. The van der Waals surface area contributed by atoms with E-state index in [2.05, 4.69) is 31.2 Å². The van der Waals surface area contributed by atoms with Crippen molar-refractivity contribution < 1.29 is 14.6 Å². The normalized spacial score (nSPS) is 10.7. The van der Waals surface area contributed by atoms with Gasteiger partial charge in [0.05, 0.1) is 18.8 Å². The Morgan fingerprint density at radius 3 is 2.95 bits per heavy atom. The number of carbonyl (C=O) groups is 1. The predicted octanol–water partition coefficient (Wildman–Crippen LogP) is 1.37. The summed E-state index contributed by atoms with van der Waals surface area (Å²) in [5.41, 5.74) is 1.41. The highest BCUT2D eigenvalue weighted by atomic mass is 79.9. The molecule has 2 aromatic rings. The highest BCUT2D eigenvalue weighted by Crippen LogP contribution is 2.13. The molecule has 0 unspecified atom stereocenters. The van der Waals surface area contributed by atoms with Crippen molar-refractivity contribution in [3.8, 4) is 0 Å². The van der Waals surface area contributed by atoms with E-state index in [-0.39, 0.29) is 5.69 Å². The van der Waals surface area contributed by atoms with E-state index >= 15 is 0 Å². The van der Waals surface area contributed by atoms with E-state index in [0.717, 1.165) is 10.0 Å². The Hall–Kier alpha value is -1.80.